The van der Waals surface area contributed by atoms with E-state index in [4.69, 9.17) is 0 Å². The molecule has 2 aliphatic heterocycles. The number of imide groups is 1. The van der Waals surface area contributed by atoms with Gasteiger partial charge >= 0.3 is 0 Å². The molecule has 27 heavy (non-hydrogen) atoms. The van der Waals surface area contributed by atoms with E-state index >= 15 is 0 Å². The van der Waals surface area contributed by atoms with Crippen molar-refractivity contribution in [3.8, 4) is 0 Å². The van der Waals surface area contributed by atoms with Gasteiger partial charge in [-0.15, -0.1) is 11.3 Å². The van der Waals surface area contributed by atoms with Crippen LogP contribution in [0.25, 0.3) is 0 Å². The quantitative estimate of drug-likeness (QED) is 0.684. The van der Waals surface area contributed by atoms with Crippen molar-refractivity contribution in [1.29, 1.82) is 0 Å². The third kappa shape index (κ3) is 4.90. The summed E-state index contributed by atoms with van der Waals surface area (Å²) in [5.74, 6) is -1.30. The highest BCUT2D eigenvalue weighted by Crippen LogP contribution is 2.22. The van der Waals surface area contributed by atoms with Crippen LogP contribution in [0.1, 0.15) is 32.1 Å². The number of aromatic nitrogens is 1. The molecule has 11 heteroatoms. The average molecular weight is 415 g/mol. The van der Waals surface area contributed by atoms with Crippen molar-refractivity contribution in [2.45, 2.75) is 32.1 Å². The molecular weight excluding hydrogens is 392 g/mol. The zero-order valence-electron chi connectivity index (χ0n) is 14.8. The maximum absolute atomic E-state index is 12.5. The minimum atomic E-state index is -3.58. The lowest BCUT2D eigenvalue weighted by Gasteiger charge is -2.31. The summed E-state index contributed by atoms with van der Waals surface area (Å²) in [6.07, 6.45) is 3.55. The molecule has 3 rings (SSSR count). The molecule has 3 amide bonds. The molecule has 1 aromatic heterocycles. The zero-order valence-corrected chi connectivity index (χ0v) is 16.4. The normalized spacial score (nSPS) is 20.1. The number of anilines is 1. The lowest BCUT2D eigenvalue weighted by Crippen LogP contribution is -2.46. The molecule has 148 valence electrons. The van der Waals surface area contributed by atoms with Crippen LogP contribution in [0, 0.1) is 5.92 Å². The van der Waals surface area contributed by atoms with Gasteiger partial charge in [0.2, 0.25) is 27.7 Å². The number of thiazole rings is 1. The Hall–Kier alpha value is -1.85. The first-order valence-electron chi connectivity index (χ1n) is 8.88. The molecule has 0 spiro atoms. The van der Waals surface area contributed by atoms with Gasteiger partial charge in [-0.1, -0.05) is 0 Å². The Balaban J connectivity index is 1.49. The summed E-state index contributed by atoms with van der Waals surface area (Å²) < 4.78 is 26.4. The molecule has 1 N–H and O–H groups in total. The van der Waals surface area contributed by atoms with Gasteiger partial charge in [0.15, 0.2) is 5.13 Å². The summed E-state index contributed by atoms with van der Waals surface area (Å²) in [7, 11) is -3.58. The molecule has 0 unspecified atom stereocenters. The first kappa shape index (κ1) is 19.9. The Morgan fingerprint density at radius 3 is 2.48 bits per heavy atom. The summed E-state index contributed by atoms with van der Waals surface area (Å²) >= 11 is 1.33. The monoisotopic (exact) mass is 414 g/mol. The van der Waals surface area contributed by atoms with Crippen LogP contribution in [0.5, 0.6) is 0 Å². The fourth-order valence-electron chi connectivity index (χ4n) is 3.27. The van der Waals surface area contributed by atoms with E-state index in [1.807, 2.05) is 0 Å². The first-order chi connectivity index (χ1) is 12.9. The smallest absolute Gasteiger partial charge is 0.229 e. The summed E-state index contributed by atoms with van der Waals surface area (Å²) in [5.41, 5.74) is 0. The van der Waals surface area contributed by atoms with Crippen molar-refractivity contribution in [3.63, 3.8) is 0 Å². The van der Waals surface area contributed by atoms with Crippen molar-refractivity contribution >= 4 is 44.2 Å². The Morgan fingerprint density at radius 1 is 1.22 bits per heavy atom. The number of nitrogens with zero attached hydrogens (tertiary/aromatic N) is 3. The van der Waals surface area contributed by atoms with E-state index in [0.717, 1.165) is 4.90 Å². The van der Waals surface area contributed by atoms with Crippen LogP contribution in [0.3, 0.4) is 0 Å². The Labute approximate surface area is 161 Å². The highest BCUT2D eigenvalue weighted by molar-refractivity contribution is 7.89. The molecule has 2 aliphatic rings. The molecule has 3 heterocycles. The third-order valence-corrected chi connectivity index (χ3v) is 7.38. The minimum absolute atomic E-state index is 0.107. The molecule has 2 fully saturated rings. The van der Waals surface area contributed by atoms with Gasteiger partial charge < -0.3 is 5.32 Å². The maximum Gasteiger partial charge on any atom is 0.229 e. The van der Waals surface area contributed by atoms with Crippen molar-refractivity contribution in [2.24, 2.45) is 5.92 Å². The van der Waals surface area contributed by atoms with Crippen LogP contribution in [0.4, 0.5) is 5.13 Å². The van der Waals surface area contributed by atoms with Gasteiger partial charge in [-0.3, -0.25) is 19.3 Å². The van der Waals surface area contributed by atoms with Crippen molar-refractivity contribution < 1.29 is 22.8 Å². The van der Waals surface area contributed by atoms with E-state index < -0.39 is 10.0 Å². The average Bonchev–Trinajstić information content (AvgIpc) is 3.14. The molecule has 0 saturated carbocycles. The zero-order chi connectivity index (χ0) is 19.4. The van der Waals surface area contributed by atoms with E-state index in [0.29, 0.717) is 24.4 Å². The molecule has 2 saturated heterocycles. The summed E-state index contributed by atoms with van der Waals surface area (Å²) in [6, 6.07) is 0. The molecule has 0 aliphatic carbocycles. The van der Waals surface area contributed by atoms with Crippen LogP contribution < -0.4 is 5.32 Å². The minimum Gasteiger partial charge on any atom is -0.302 e. The highest BCUT2D eigenvalue weighted by atomic mass is 32.2. The molecule has 0 bridgehead atoms. The second kappa shape index (κ2) is 8.44. The number of nitrogens with one attached hydrogen (secondary N) is 1. The number of hydrogen-bond donors (Lipinski definition) is 1. The number of likely N-dealkylation sites (tertiary alicyclic amines) is 1. The summed E-state index contributed by atoms with van der Waals surface area (Å²) in [5, 5.41) is 5.04. The van der Waals surface area contributed by atoms with Gasteiger partial charge in [0.05, 0.1) is 5.75 Å². The molecule has 1 aromatic rings. The fraction of sp³-hybridized carbons (Fsp3) is 0.625. The molecule has 0 aromatic carbocycles. The van der Waals surface area contributed by atoms with Crippen molar-refractivity contribution in [2.75, 3.05) is 30.7 Å². The lowest BCUT2D eigenvalue weighted by molar-refractivity contribution is -0.147. The molecule has 0 radical (unpaired) electrons. The number of rotatable bonds is 6. The topological polar surface area (TPSA) is 117 Å². The van der Waals surface area contributed by atoms with Gasteiger partial charge in [-0.05, 0) is 19.3 Å². The predicted octanol–water partition coefficient (Wildman–Crippen LogP) is 0.662. The number of sulfonamides is 1. The second-order valence-electron chi connectivity index (χ2n) is 6.61. The van der Waals surface area contributed by atoms with Crippen molar-refractivity contribution in [3.05, 3.63) is 11.6 Å². The van der Waals surface area contributed by atoms with E-state index in [9.17, 15) is 22.8 Å². The Bertz CT molecular complexity index is 785. The SMILES string of the molecule is O=C(Nc1nccs1)C1CCN(S(=O)(=O)CCN2C(=O)CCCC2=O)CC1. The van der Waals surface area contributed by atoms with Crippen LogP contribution in [0.2, 0.25) is 0 Å². The maximum atomic E-state index is 12.5. The molecule has 9 nitrogen and oxygen atoms in total. The highest BCUT2D eigenvalue weighted by Gasteiger charge is 2.33. The van der Waals surface area contributed by atoms with Crippen LogP contribution in [-0.2, 0) is 24.4 Å². The predicted molar refractivity (Wildman–Crippen MR) is 99.4 cm³/mol. The summed E-state index contributed by atoms with van der Waals surface area (Å²) in [6.45, 7) is 0.394. The molecular formula is C16H22N4O5S2. The lowest BCUT2D eigenvalue weighted by atomic mass is 9.97. The fourth-order valence-corrected chi connectivity index (χ4v) is 5.24. The second-order valence-corrected chi connectivity index (χ2v) is 9.59. The largest absolute Gasteiger partial charge is 0.302 e. The van der Waals surface area contributed by atoms with E-state index in [1.54, 1.807) is 11.6 Å². The Morgan fingerprint density at radius 2 is 1.89 bits per heavy atom. The van der Waals surface area contributed by atoms with Crippen LogP contribution >= 0.6 is 11.3 Å². The van der Waals surface area contributed by atoms with Gasteiger partial charge in [0.1, 0.15) is 0 Å². The van der Waals surface area contributed by atoms with Gasteiger partial charge in [0, 0.05) is 50.0 Å². The third-order valence-electron chi connectivity index (χ3n) is 4.84. The van der Waals surface area contributed by atoms with E-state index in [2.05, 4.69) is 10.3 Å². The van der Waals surface area contributed by atoms with Gasteiger partial charge in [0.25, 0.3) is 0 Å². The Kier molecular flexibility index (Phi) is 6.22. The number of piperidine rings is 2. The van der Waals surface area contributed by atoms with E-state index in [-0.39, 0.29) is 61.9 Å². The number of carbonyl (C=O) groups excluding carboxylic acids is 3. The molecule has 0 atom stereocenters. The van der Waals surface area contributed by atoms with Gasteiger partial charge in [-0.2, -0.15) is 0 Å². The van der Waals surface area contributed by atoms with E-state index in [1.165, 1.54) is 15.6 Å². The number of carbonyl (C=O) groups is 3. The van der Waals surface area contributed by atoms with Crippen molar-refractivity contribution in [1.82, 2.24) is 14.2 Å². The number of hydrogen-bond acceptors (Lipinski definition) is 7. The first-order valence-corrected chi connectivity index (χ1v) is 11.4. The van der Waals surface area contributed by atoms with Crippen LogP contribution in [0.15, 0.2) is 11.6 Å². The standard InChI is InChI=1S/C16H22N4O5S2/c21-13-2-1-3-14(22)20(13)9-11-27(24,25)19-7-4-12(5-8-19)15(23)18-16-17-6-10-26-16/h6,10,12H,1-5,7-9,11H2,(H,17,18,23). The summed E-state index contributed by atoms with van der Waals surface area (Å²) in [4.78, 5) is 40.9. The van der Waals surface area contributed by atoms with Gasteiger partial charge in [-0.25, -0.2) is 17.7 Å². The van der Waals surface area contributed by atoms with Crippen LogP contribution in [-0.4, -0.2) is 65.7 Å². The number of amides is 3.